The van der Waals surface area contributed by atoms with E-state index in [0.717, 1.165) is 12.3 Å². The van der Waals surface area contributed by atoms with Crippen molar-refractivity contribution in [1.82, 2.24) is 5.32 Å². The fraction of sp³-hybridized carbons (Fsp3) is 0.455. The number of rotatable bonds is 2. The molecule has 1 aromatic carbocycles. The minimum Gasteiger partial charge on any atom is -0.490 e. The zero-order valence-electron chi connectivity index (χ0n) is 8.43. The molecule has 76 valence electrons. The maximum absolute atomic E-state index is 6.05. The molecule has 0 aromatic heterocycles. The molecule has 2 nitrogen and oxygen atoms in total. The van der Waals surface area contributed by atoms with E-state index in [9.17, 15) is 0 Å². The van der Waals surface area contributed by atoms with Crippen molar-refractivity contribution >= 4 is 11.6 Å². The van der Waals surface area contributed by atoms with Crippen LogP contribution < -0.4 is 10.1 Å². The summed E-state index contributed by atoms with van der Waals surface area (Å²) in [6, 6.07) is 4.23. The number of halogens is 1. The Morgan fingerprint density at radius 3 is 3.07 bits per heavy atom. The molecule has 1 aromatic rings. The Kier molecular flexibility index (Phi) is 2.66. The molecule has 0 radical (unpaired) electrons. The first kappa shape index (κ1) is 9.81. The zero-order chi connectivity index (χ0) is 10.1. The van der Waals surface area contributed by atoms with Gasteiger partial charge in [0.15, 0.2) is 0 Å². The molecule has 1 heterocycles. The lowest BCUT2D eigenvalue weighted by atomic mass is 10.0. The summed E-state index contributed by atoms with van der Waals surface area (Å²) in [5.41, 5.74) is 2.47. The number of ether oxygens (including phenoxy) is 1. The van der Waals surface area contributed by atoms with Crippen molar-refractivity contribution in [3.63, 3.8) is 0 Å². The Balaban J connectivity index is 2.42. The molecular weight excluding hydrogens is 198 g/mol. The van der Waals surface area contributed by atoms with Crippen LogP contribution in [0.5, 0.6) is 5.75 Å². The highest BCUT2D eigenvalue weighted by atomic mass is 35.5. The second-order valence-corrected chi connectivity index (χ2v) is 3.94. The van der Waals surface area contributed by atoms with Crippen molar-refractivity contribution in [2.75, 3.05) is 13.2 Å². The Labute approximate surface area is 89.2 Å². The van der Waals surface area contributed by atoms with Gasteiger partial charge in [-0.05, 0) is 25.1 Å². The van der Waals surface area contributed by atoms with Crippen molar-refractivity contribution in [1.29, 1.82) is 0 Å². The molecule has 1 N–H and O–H groups in total. The molecule has 0 bridgehead atoms. The maximum Gasteiger partial charge on any atom is 0.143 e. The third-order valence-corrected chi connectivity index (χ3v) is 2.86. The summed E-state index contributed by atoms with van der Waals surface area (Å²) < 4.78 is 5.58. The van der Waals surface area contributed by atoms with Gasteiger partial charge in [-0.25, -0.2) is 0 Å². The van der Waals surface area contributed by atoms with Gasteiger partial charge in [0.25, 0.3) is 0 Å². The van der Waals surface area contributed by atoms with Crippen LogP contribution >= 0.6 is 11.6 Å². The molecule has 1 atom stereocenters. The molecule has 2 rings (SSSR count). The van der Waals surface area contributed by atoms with Gasteiger partial charge < -0.3 is 10.1 Å². The predicted molar refractivity (Wildman–Crippen MR) is 58.1 cm³/mol. The molecule has 1 unspecified atom stereocenters. The molecule has 0 saturated carbocycles. The average molecular weight is 212 g/mol. The first-order valence-corrected chi connectivity index (χ1v) is 5.27. The smallest absolute Gasteiger partial charge is 0.143 e. The van der Waals surface area contributed by atoms with Gasteiger partial charge in [-0.2, -0.15) is 0 Å². The van der Waals surface area contributed by atoms with Crippen LogP contribution in [0.25, 0.3) is 0 Å². The van der Waals surface area contributed by atoms with E-state index in [0.29, 0.717) is 17.7 Å². The number of aryl methyl sites for hydroxylation is 1. The maximum atomic E-state index is 6.05. The van der Waals surface area contributed by atoms with Gasteiger partial charge in [0.2, 0.25) is 0 Å². The minimum atomic E-state index is 0.300. The standard InChI is InChI=1S/C11H14ClNO/c1-3-13-9-6-14-11-8(12)5-4-7(2)10(9)11/h4-5,9,13H,3,6H2,1-2H3. The van der Waals surface area contributed by atoms with E-state index in [1.807, 2.05) is 12.1 Å². The lowest BCUT2D eigenvalue weighted by Gasteiger charge is -2.11. The van der Waals surface area contributed by atoms with E-state index < -0.39 is 0 Å². The van der Waals surface area contributed by atoms with Crippen LogP contribution in [0.15, 0.2) is 12.1 Å². The summed E-state index contributed by atoms with van der Waals surface area (Å²) in [6.07, 6.45) is 0. The minimum absolute atomic E-state index is 0.300. The van der Waals surface area contributed by atoms with E-state index in [-0.39, 0.29) is 0 Å². The fourth-order valence-corrected chi connectivity index (χ4v) is 2.13. The molecule has 0 aliphatic carbocycles. The van der Waals surface area contributed by atoms with Crippen molar-refractivity contribution in [3.8, 4) is 5.75 Å². The molecular formula is C11H14ClNO. The van der Waals surface area contributed by atoms with E-state index in [1.54, 1.807) is 0 Å². The quantitative estimate of drug-likeness (QED) is 0.812. The second kappa shape index (κ2) is 3.79. The van der Waals surface area contributed by atoms with Crippen LogP contribution in [-0.2, 0) is 0 Å². The molecule has 3 heteroatoms. The molecule has 0 amide bonds. The van der Waals surface area contributed by atoms with Crippen molar-refractivity contribution in [2.45, 2.75) is 19.9 Å². The fourth-order valence-electron chi connectivity index (χ4n) is 1.91. The van der Waals surface area contributed by atoms with E-state index >= 15 is 0 Å². The van der Waals surface area contributed by atoms with E-state index in [1.165, 1.54) is 11.1 Å². The first-order valence-electron chi connectivity index (χ1n) is 4.89. The van der Waals surface area contributed by atoms with Gasteiger partial charge in [-0.1, -0.05) is 24.6 Å². The molecule has 1 aliphatic rings. The van der Waals surface area contributed by atoms with Gasteiger partial charge in [0, 0.05) is 5.56 Å². The van der Waals surface area contributed by atoms with Crippen molar-refractivity contribution in [3.05, 3.63) is 28.3 Å². The Hall–Kier alpha value is -0.730. The molecule has 0 fully saturated rings. The summed E-state index contributed by atoms with van der Waals surface area (Å²) in [7, 11) is 0. The Morgan fingerprint density at radius 2 is 2.36 bits per heavy atom. The number of hydrogen-bond donors (Lipinski definition) is 1. The summed E-state index contributed by atoms with van der Waals surface area (Å²) in [5.74, 6) is 0.859. The lowest BCUT2D eigenvalue weighted by molar-refractivity contribution is 0.313. The van der Waals surface area contributed by atoms with Crippen LogP contribution in [0.3, 0.4) is 0 Å². The van der Waals surface area contributed by atoms with Gasteiger partial charge in [-0.3, -0.25) is 0 Å². The Morgan fingerprint density at radius 1 is 1.57 bits per heavy atom. The predicted octanol–water partition coefficient (Wildman–Crippen LogP) is 2.69. The highest BCUT2D eigenvalue weighted by molar-refractivity contribution is 6.32. The summed E-state index contributed by atoms with van der Waals surface area (Å²) in [5, 5.41) is 4.10. The number of likely N-dealkylation sites (N-methyl/N-ethyl adjacent to an activating group) is 1. The number of hydrogen-bond acceptors (Lipinski definition) is 2. The van der Waals surface area contributed by atoms with Gasteiger partial charge >= 0.3 is 0 Å². The molecule has 0 spiro atoms. The second-order valence-electron chi connectivity index (χ2n) is 3.53. The Bertz CT molecular complexity index is 351. The zero-order valence-corrected chi connectivity index (χ0v) is 9.19. The van der Waals surface area contributed by atoms with Gasteiger partial charge in [-0.15, -0.1) is 0 Å². The third kappa shape index (κ3) is 1.49. The van der Waals surface area contributed by atoms with Crippen molar-refractivity contribution < 1.29 is 4.74 Å². The van der Waals surface area contributed by atoms with Crippen LogP contribution in [0.1, 0.15) is 24.1 Å². The highest BCUT2D eigenvalue weighted by Crippen LogP contribution is 2.40. The molecule has 0 saturated heterocycles. The normalized spacial score (nSPS) is 19.2. The number of benzene rings is 1. The summed E-state index contributed by atoms with van der Waals surface area (Å²) in [4.78, 5) is 0. The van der Waals surface area contributed by atoms with Crippen LogP contribution in [0.4, 0.5) is 0 Å². The van der Waals surface area contributed by atoms with Crippen molar-refractivity contribution in [2.24, 2.45) is 0 Å². The van der Waals surface area contributed by atoms with Crippen LogP contribution in [0.2, 0.25) is 5.02 Å². The third-order valence-electron chi connectivity index (χ3n) is 2.56. The van der Waals surface area contributed by atoms with Crippen LogP contribution in [0, 0.1) is 6.92 Å². The van der Waals surface area contributed by atoms with E-state index in [4.69, 9.17) is 16.3 Å². The van der Waals surface area contributed by atoms with Gasteiger partial charge in [0.05, 0.1) is 11.1 Å². The number of nitrogens with one attached hydrogen (secondary N) is 1. The van der Waals surface area contributed by atoms with Gasteiger partial charge in [0.1, 0.15) is 12.4 Å². The topological polar surface area (TPSA) is 21.3 Å². The monoisotopic (exact) mass is 211 g/mol. The first-order chi connectivity index (χ1) is 6.74. The summed E-state index contributed by atoms with van der Waals surface area (Å²) in [6.45, 7) is 5.82. The average Bonchev–Trinajstić information content (AvgIpc) is 2.58. The number of fused-ring (bicyclic) bond motifs is 1. The lowest BCUT2D eigenvalue weighted by Crippen LogP contribution is -2.22. The highest BCUT2D eigenvalue weighted by Gasteiger charge is 2.26. The largest absolute Gasteiger partial charge is 0.490 e. The molecule has 14 heavy (non-hydrogen) atoms. The molecule has 1 aliphatic heterocycles. The SMILES string of the molecule is CCNC1COc2c(Cl)ccc(C)c21. The summed E-state index contributed by atoms with van der Waals surface area (Å²) >= 11 is 6.05. The van der Waals surface area contributed by atoms with E-state index in [2.05, 4.69) is 19.2 Å². The van der Waals surface area contributed by atoms with Crippen LogP contribution in [-0.4, -0.2) is 13.2 Å².